The molecular formula is C13H15N3O5. The monoisotopic (exact) mass is 293 g/mol. The number of hydrogen-bond acceptors (Lipinski definition) is 5. The molecule has 3 amide bonds. The molecule has 1 saturated heterocycles. The van der Waals surface area contributed by atoms with E-state index in [2.05, 4.69) is 10.3 Å². The number of aromatic amines is 1. The minimum Gasteiger partial charge on any atom is -0.448 e. The number of nitrogens with zero attached hydrogens (tertiary/aromatic N) is 1. The first-order chi connectivity index (χ1) is 9.90. The van der Waals surface area contributed by atoms with Crippen LogP contribution in [0.2, 0.25) is 0 Å². The summed E-state index contributed by atoms with van der Waals surface area (Å²) in [6, 6.07) is 0.853. The number of hydrogen-bond donors (Lipinski definition) is 2. The van der Waals surface area contributed by atoms with Gasteiger partial charge < -0.3 is 15.0 Å². The third-order valence-electron chi connectivity index (χ3n) is 3.06. The normalized spacial score (nSPS) is 15.5. The topological polar surface area (TPSA) is 109 Å². The molecule has 0 radical (unpaired) electrons. The molecule has 0 aromatic carbocycles. The number of Topliss-reactive ketones (excluding diaryl/α,β-unsaturated/α-hetero) is 1. The number of aromatic nitrogens is 1. The molecule has 0 unspecified atom stereocenters. The van der Waals surface area contributed by atoms with E-state index in [1.807, 2.05) is 0 Å². The summed E-state index contributed by atoms with van der Waals surface area (Å²) in [6.45, 7) is 3.39. The second kappa shape index (κ2) is 5.78. The fourth-order valence-electron chi connectivity index (χ4n) is 1.89. The van der Waals surface area contributed by atoms with E-state index in [0.717, 1.165) is 4.90 Å². The molecule has 1 aliphatic heterocycles. The number of nitrogens with one attached hydrogen (secondary N) is 2. The molecule has 8 nitrogen and oxygen atoms in total. The zero-order chi connectivity index (χ0) is 15.6. The molecule has 0 saturated carbocycles. The number of H-pyrrole nitrogens is 1. The standard InChI is InChI=1S/C13H15N3O5/c1-7(17)9-5-10(15-6-9)12(19)21-8(2)11(18)16-4-3-14-13(16)20/h5-6,8,15H,3-4H2,1-2H3,(H,14,20)/t8-/m1/s1. The number of rotatable bonds is 4. The molecule has 2 heterocycles. The molecule has 112 valence electrons. The Morgan fingerprint density at radius 2 is 2.10 bits per heavy atom. The molecule has 0 aliphatic carbocycles. The smallest absolute Gasteiger partial charge is 0.355 e. The van der Waals surface area contributed by atoms with Crippen LogP contribution in [0, 0.1) is 0 Å². The van der Waals surface area contributed by atoms with E-state index in [1.54, 1.807) is 0 Å². The Labute approximate surface area is 120 Å². The number of carbonyl (C=O) groups is 4. The average molecular weight is 293 g/mol. The van der Waals surface area contributed by atoms with Crippen molar-refractivity contribution >= 4 is 23.7 Å². The van der Waals surface area contributed by atoms with Gasteiger partial charge in [0.2, 0.25) is 0 Å². The second-order valence-corrected chi connectivity index (χ2v) is 4.63. The highest BCUT2D eigenvalue weighted by atomic mass is 16.5. The minimum atomic E-state index is -1.09. The summed E-state index contributed by atoms with van der Waals surface area (Å²) >= 11 is 0. The Morgan fingerprint density at radius 3 is 2.62 bits per heavy atom. The number of carbonyl (C=O) groups excluding carboxylic acids is 4. The molecular weight excluding hydrogens is 278 g/mol. The molecule has 1 aromatic heterocycles. The van der Waals surface area contributed by atoms with Gasteiger partial charge in [-0.15, -0.1) is 0 Å². The van der Waals surface area contributed by atoms with Crippen LogP contribution in [0.3, 0.4) is 0 Å². The summed E-state index contributed by atoms with van der Waals surface area (Å²) in [5.41, 5.74) is 0.422. The number of imide groups is 1. The van der Waals surface area contributed by atoms with Crippen molar-refractivity contribution in [2.45, 2.75) is 20.0 Å². The highest BCUT2D eigenvalue weighted by Gasteiger charge is 2.31. The molecule has 2 N–H and O–H groups in total. The van der Waals surface area contributed by atoms with Crippen molar-refractivity contribution in [1.29, 1.82) is 0 Å². The van der Waals surface area contributed by atoms with Crippen LogP contribution in [0.4, 0.5) is 4.79 Å². The molecule has 1 aliphatic rings. The van der Waals surface area contributed by atoms with Crippen LogP contribution >= 0.6 is 0 Å². The largest absolute Gasteiger partial charge is 0.448 e. The van der Waals surface area contributed by atoms with Crippen molar-refractivity contribution in [2.75, 3.05) is 13.1 Å². The van der Waals surface area contributed by atoms with E-state index in [1.165, 1.54) is 26.1 Å². The average Bonchev–Trinajstić information content (AvgIpc) is 3.06. The lowest BCUT2D eigenvalue weighted by Crippen LogP contribution is -2.41. The molecule has 0 bridgehead atoms. The number of urea groups is 1. The van der Waals surface area contributed by atoms with Gasteiger partial charge in [-0.3, -0.25) is 14.5 Å². The van der Waals surface area contributed by atoms with Gasteiger partial charge in [0.05, 0.1) is 0 Å². The summed E-state index contributed by atoms with van der Waals surface area (Å²) in [4.78, 5) is 49.9. The zero-order valence-corrected chi connectivity index (χ0v) is 11.6. The van der Waals surface area contributed by atoms with Crippen molar-refractivity contribution < 1.29 is 23.9 Å². The fourth-order valence-corrected chi connectivity index (χ4v) is 1.89. The van der Waals surface area contributed by atoms with Gasteiger partial charge in [-0.05, 0) is 19.9 Å². The quantitative estimate of drug-likeness (QED) is 0.613. The molecule has 0 spiro atoms. The van der Waals surface area contributed by atoms with Gasteiger partial charge >= 0.3 is 12.0 Å². The lowest BCUT2D eigenvalue weighted by Gasteiger charge is -2.17. The SMILES string of the molecule is CC(=O)c1c[nH]c(C(=O)O[C@H](C)C(=O)N2CCNC2=O)c1. The van der Waals surface area contributed by atoms with E-state index in [9.17, 15) is 19.2 Å². The van der Waals surface area contributed by atoms with Gasteiger partial charge in [-0.25, -0.2) is 9.59 Å². The Morgan fingerprint density at radius 1 is 1.38 bits per heavy atom. The fraction of sp³-hybridized carbons (Fsp3) is 0.385. The first kappa shape index (κ1) is 14.8. The van der Waals surface area contributed by atoms with Crippen LogP contribution < -0.4 is 5.32 Å². The van der Waals surface area contributed by atoms with Crippen LogP contribution in [0.5, 0.6) is 0 Å². The van der Waals surface area contributed by atoms with Crippen molar-refractivity contribution in [3.8, 4) is 0 Å². The molecule has 21 heavy (non-hydrogen) atoms. The summed E-state index contributed by atoms with van der Waals surface area (Å²) in [6.07, 6.45) is 0.296. The number of ketones is 1. The van der Waals surface area contributed by atoms with Crippen molar-refractivity contribution in [3.63, 3.8) is 0 Å². The van der Waals surface area contributed by atoms with Gasteiger partial charge in [0, 0.05) is 24.8 Å². The minimum absolute atomic E-state index is 0.0747. The number of ether oxygens (including phenoxy) is 1. The Hall–Kier alpha value is -2.64. The zero-order valence-electron chi connectivity index (χ0n) is 11.6. The maximum Gasteiger partial charge on any atom is 0.355 e. The van der Waals surface area contributed by atoms with Crippen LogP contribution in [-0.2, 0) is 9.53 Å². The molecule has 2 rings (SSSR count). The van der Waals surface area contributed by atoms with Crippen LogP contribution in [-0.4, -0.2) is 52.8 Å². The molecule has 8 heteroatoms. The number of esters is 1. The summed E-state index contributed by atoms with van der Waals surface area (Å²) in [5, 5.41) is 2.49. The van der Waals surface area contributed by atoms with Crippen molar-refractivity contribution in [3.05, 3.63) is 23.5 Å². The van der Waals surface area contributed by atoms with Gasteiger partial charge in [0.15, 0.2) is 11.9 Å². The van der Waals surface area contributed by atoms with Crippen LogP contribution in [0.1, 0.15) is 34.7 Å². The van der Waals surface area contributed by atoms with Gasteiger partial charge in [0.25, 0.3) is 5.91 Å². The van der Waals surface area contributed by atoms with E-state index in [-0.39, 0.29) is 18.0 Å². The van der Waals surface area contributed by atoms with Gasteiger partial charge in [-0.2, -0.15) is 0 Å². The summed E-state index contributed by atoms with van der Waals surface area (Å²) < 4.78 is 5.00. The maximum absolute atomic E-state index is 12.0. The molecule has 1 aromatic rings. The van der Waals surface area contributed by atoms with Gasteiger partial charge in [-0.1, -0.05) is 0 Å². The van der Waals surface area contributed by atoms with E-state index in [0.29, 0.717) is 12.1 Å². The third-order valence-corrected chi connectivity index (χ3v) is 3.06. The number of amides is 3. The molecule has 1 fully saturated rings. The Bertz CT molecular complexity index is 607. The van der Waals surface area contributed by atoms with Crippen LogP contribution in [0.15, 0.2) is 12.3 Å². The highest BCUT2D eigenvalue weighted by Crippen LogP contribution is 2.09. The predicted molar refractivity (Wildman–Crippen MR) is 70.8 cm³/mol. The lowest BCUT2D eigenvalue weighted by atomic mass is 10.2. The first-order valence-corrected chi connectivity index (χ1v) is 6.39. The molecule has 1 atom stereocenters. The Kier molecular flexibility index (Phi) is 4.06. The van der Waals surface area contributed by atoms with Crippen molar-refractivity contribution in [2.24, 2.45) is 0 Å². The Balaban J connectivity index is 1.99. The van der Waals surface area contributed by atoms with Crippen molar-refractivity contribution in [1.82, 2.24) is 15.2 Å². The summed E-state index contributed by atoms with van der Waals surface area (Å²) in [5.74, 6) is -1.54. The second-order valence-electron chi connectivity index (χ2n) is 4.63. The van der Waals surface area contributed by atoms with Gasteiger partial charge in [0.1, 0.15) is 5.69 Å². The maximum atomic E-state index is 12.0. The first-order valence-electron chi connectivity index (χ1n) is 6.39. The third kappa shape index (κ3) is 3.10. The van der Waals surface area contributed by atoms with E-state index >= 15 is 0 Å². The predicted octanol–water partition coefficient (Wildman–Crippen LogP) is 0.314. The van der Waals surface area contributed by atoms with E-state index < -0.39 is 24.0 Å². The lowest BCUT2D eigenvalue weighted by molar-refractivity contribution is -0.136. The van der Waals surface area contributed by atoms with Crippen LogP contribution in [0.25, 0.3) is 0 Å². The van der Waals surface area contributed by atoms with E-state index in [4.69, 9.17) is 4.74 Å². The highest BCUT2D eigenvalue weighted by molar-refractivity contribution is 6.00. The summed E-state index contributed by atoms with van der Waals surface area (Å²) in [7, 11) is 0.